The maximum absolute atomic E-state index is 11.6. The second kappa shape index (κ2) is 7.99. The molecule has 1 unspecified atom stereocenters. The number of methoxy groups -OCH3 is 1. The first kappa shape index (κ1) is 15.0. The number of morpholine rings is 1. The lowest BCUT2D eigenvalue weighted by Gasteiger charge is -2.34. The molecule has 1 atom stereocenters. The van der Waals surface area contributed by atoms with Crippen LogP contribution in [0.1, 0.15) is 11.6 Å². The summed E-state index contributed by atoms with van der Waals surface area (Å²) in [6.45, 7) is 3.96. The van der Waals surface area contributed by atoms with E-state index in [9.17, 15) is 4.79 Å². The fraction of sp³-hybridized carbons (Fsp3) is 0.533. The van der Waals surface area contributed by atoms with Crippen LogP contribution in [0.15, 0.2) is 30.3 Å². The van der Waals surface area contributed by atoms with E-state index in [1.54, 1.807) is 0 Å². The minimum Gasteiger partial charge on any atom is -0.379 e. The highest BCUT2D eigenvalue weighted by atomic mass is 16.5. The van der Waals surface area contributed by atoms with Crippen LogP contribution in [-0.4, -0.2) is 57.4 Å². The minimum absolute atomic E-state index is 0.0818. The molecule has 1 fully saturated rings. The second-order valence-electron chi connectivity index (χ2n) is 4.81. The van der Waals surface area contributed by atoms with Gasteiger partial charge in [0.25, 0.3) is 0 Å². The van der Waals surface area contributed by atoms with Crippen LogP contribution in [0.25, 0.3) is 0 Å². The van der Waals surface area contributed by atoms with E-state index in [1.807, 2.05) is 18.2 Å². The predicted octanol–water partition coefficient (Wildman–Crippen LogP) is 0.822. The number of hydrogen-bond acceptors (Lipinski definition) is 4. The molecule has 20 heavy (non-hydrogen) atoms. The molecule has 0 spiro atoms. The molecule has 1 aliphatic rings. The van der Waals surface area contributed by atoms with Gasteiger partial charge in [0.1, 0.15) is 6.61 Å². The Morgan fingerprint density at radius 3 is 2.70 bits per heavy atom. The number of ether oxygens (including phenoxy) is 2. The third-order valence-corrected chi connectivity index (χ3v) is 3.44. The third kappa shape index (κ3) is 4.30. The molecule has 1 aromatic rings. The number of carbonyl (C=O) groups is 1. The van der Waals surface area contributed by atoms with Crippen molar-refractivity contribution in [3.8, 4) is 0 Å². The lowest BCUT2D eigenvalue weighted by atomic mass is 10.0. The summed E-state index contributed by atoms with van der Waals surface area (Å²) >= 11 is 0. The van der Waals surface area contributed by atoms with Gasteiger partial charge in [-0.05, 0) is 5.56 Å². The first-order valence-corrected chi connectivity index (χ1v) is 6.93. The van der Waals surface area contributed by atoms with Crippen molar-refractivity contribution in [3.05, 3.63) is 35.9 Å². The van der Waals surface area contributed by atoms with Crippen molar-refractivity contribution >= 4 is 5.91 Å². The number of nitrogens with zero attached hydrogens (tertiary/aromatic N) is 1. The molecule has 0 aromatic heterocycles. The van der Waals surface area contributed by atoms with E-state index in [4.69, 9.17) is 9.47 Å². The first-order chi connectivity index (χ1) is 9.81. The van der Waals surface area contributed by atoms with Crippen LogP contribution in [0.4, 0.5) is 0 Å². The summed E-state index contributed by atoms with van der Waals surface area (Å²) in [6.07, 6.45) is 0. The van der Waals surface area contributed by atoms with Gasteiger partial charge in [-0.25, -0.2) is 0 Å². The summed E-state index contributed by atoms with van der Waals surface area (Å²) in [6, 6.07) is 10.4. The van der Waals surface area contributed by atoms with E-state index in [-0.39, 0.29) is 18.6 Å². The summed E-state index contributed by atoms with van der Waals surface area (Å²) in [5, 5.41) is 2.93. The van der Waals surface area contributed by atoms with Gasteiger partial charge in [0, 0.05) is 26.7 Å². The average molecular weight is 278 g/mol. The van der Waals surface area contributed by atoms with E-state index >= 15 is 0 Å². The van der Waals surface area contributed by atoms with E-state index in [0.29, 0.717) is 6.54 Å². The van der Waals surface area contributed by atoms with Crippen molar-refractivity contribution in [1.29, 1.82) is 0 Å². The number of carbonyl (C=O) groups excluding carboxylic acids is 1. The maximum Gasteiger partial charge on any atom is 0.246 e. The van der Waals surface area contributed by atoms with Crippen molar-refractivity contribution in [2.45, 2.75) is 6.04 Å². The van der Waals surface area contributed by atoms with Crippen molar-refractivity contribution in [2.75, 3.05) is 46.6 Å². The topological polar surface area (TPSA) is 50.8 Å². The number of rotatable bonds is 6. The van der Waals surface area contributed by atoms with E-state index in [1.165, 1.54) is 12.7 Å². The van der Waals surface area contributed by atoms with Crippen LogP contribution in [0.5, 0.6) is 0 Å². The van der Waals surface area contributed by atoms with Gasteiger partial charge in [0.2, 0.25) is 5.91 Å². The fourth-order valence-corrected chi connectivity index (χ4v) is 2.41. The Labute approximate surface area is 119 Å². The molecule has 0 aliphatic carbocycles. The highest BCUT2D eigenvalue weighted by Crippen LogP contribution is 2.20. The summed E-state index contributed by atoms with van der Waals surface area (Å²) in [4.78, 5) is 13.9. The molecule has 0 saturated carbocycles. The molecule has 5 nitrogen and oxygen atoms in total. The lowest BCUT2D eigenvalue weighted by molar-refractivity contribution is -0.125. The molecule has 1 aliphatic heterocycles. The molecular formula is C15H22N2O3. The molecule has 1 saturated heterocycles. The van der Waals surface area contributed by atoms with Crippen molar-refractivity contribution in [1.82, 2.24) is 10.2 Å². The lowest BCUT2D eigenvalue weighted by Crippen LogP contribution is -2.44. The zero-order valence-electron chi connectivity index (χ0n) is 11.9. The van der Waals surface area contributed by atoms with E-state index < -0.39 is 0 Å². The van der Waals surface area contributed by atoms with Gasteiger partial charge < -0.3 is 14.8 Å². The summed E-state index contributed by atoms with van der Waals surface area (Å²) in [7, 11) is 1.52. The largest absolute Gasteiger partial charge is 0.379 e. The molecule has 110 valence electrons. The minimum atomic E-state index is -0.0818. The molecule has 1 N–H and O–H groups in total. The first-order valence-electron chi connectivity index (χ1n) is 6.93. The zero-order chi connectivity index (χ0) is 14.2. The van der Waals surface area contributed by atoms with Gasteiger partial charge in [-0.3, -0.25) is 9.69 Å². The quantitative estimate of drug-likeness (QED) is 0.837. The Bertz CT molecular complexity index is 405. The molecule has 1 amide bonds. The van der Waals surface area contributed by atoms with Crippen LogP contribution in [0.3, 0.4) is 0 Å². The normalized spacial score (nSPS) is 17.6. The van der Waals surface area contributed by atoms with E-state index in [0.717, 1.165) is 26.3 Å². The Morgan fingerprint density at radius 2 is 2.05 bits per heavy atom. The van der Waals surface area contributed by atoms with Crippen LogP contribution >= 0.6 is 0 Å². The highest BCUT2D eigenvalue weighted by Gasteiger charge is 2.22. The van der Waals surface area contributed by atoms with Crippen LogP contribution < -0.4 is 5.32 Å². The maximum atomic E-state index is 11.6. The second-order valence-corrected chi connectivity index (χ2v) is 4.81. The monoisotopic (exact) mass is 278 g/mol. The van der Waals surface area contributed by atoms with Crippen LogP contribution in [0.2, 0.25) is 0 Å². The summed E-state index contributed by atoms with van der Waals surface area (Å²) in [5.41, 5.74) is 1.21. The smallest absolute Gasteiger partial charge is 0.246 e. The molecule has 1 aromatic carbocycles. The highest BCUT2D eigenvalue weighted by molar-refractivity contribution is 5.77. The van der Waals surface area contributed by atoms with Crippen LogP contribution in [-0.2, 0) is 14.3 Å². The Hall–Kier alpha value is -1.43. The average Bonchev–Trinajstić information content (AvgIpc) is 2.50. The molecule has 0 radical (unpaired) electrons. The fourth-order valence-electron chi connectivity index (χ4n) is 2.41. The third-order valence-electron chi connectivity index (χ3n) is 3.44. The van der Waals surface area contributed by atoms with Gasteiger partial charge in [0.15, 0.2) is 0 Å². The van der Waals surface area contributed by atoms with Crippen molar-refractivity contribution in [3.63, 3.8) is 0 Å². The SMILES string of the molecule is COCC(=O)NCC(c1ccccc1)N1CCOCC1. The standard InChI is InChI=1S/C15H22N2O3/c1-19-12-15(18)16-11-14(13-5-3-2-4-6-13)17-7-9-20-10-8-17/h2-6,14H,7-12H2,1H3,(H,16,18). The molecular weight excluding hydrogens is 256 g/mol. The van der Waals surface area contributed by atoms with Crippen LogP contribution in [0, 0.1) is 0 Å². The Morgan fingerprint density at radius 1 is 1.35 bits per heavy atom. The number of nitrogens with one attached hydrogen (secondary N) is 1. The van der Waals surface area contributed by atoms with Gasteiger partial charge in [0.05, 0.1) is 19.3 Å². The van der Waals surface area contributed by atoms with Crippen molar-refractivity contribution in [2.24, 2.45) is 0 Å². The number of amides is 1. The van der Waals surface area contributed by atoms with Gasteiger partial charge in [-0.1, -0.05) is 30.3 Å². The van der Waals surface area contributed by atoms with Gasteiger partial charge in [-0.15, -0.1) is 0 Å². The predicted molar refractivity (Wildman–Crippen MR) is 76.5 cm³/mol. The van der Waals surface area contributed by atoms with Gasteiger partial charge in [-0.2, -0.15) is 0 Å². The zero-order valence-corrected chi connectivity index (χ0v) is 11.9. The summed E-state index contributed by atoms with van der Waals surface area (Å²) < 4.78 is 10.2. The van der Waals surface area contributed by atoms with E-state index in [2.05, 4.69) is 22.3 Å². The molecule has 0 bridgehead atoms. The number of hydrogen-bond donors (Lipinski definition) is 1. The molecule has 2 rings (SSSR count). The van der Waals surface area contributed by atoms with Gasteiger partial charge >= 0.3 is 0 Å². The summed E-state index contributed by atoms with van der Waals surface area (Å²) in [5.74, 6) is -0.0818. The molecule has 1 heterocycles. The number of benzene rings is 1. The Kier molecular flexibility index (Phi) is 5.98. The van der Waals surface area contributed by atoms with Crippen molar-refractivity contribution < 1.29 is 14.3 Å². The Balaban J connectivity index is 2.02. The molecule has 5 heteroatoms.